The van der Waals surface area contributed by atoms with Crippen LogP contribution < -0.4 is 5.73 Å². The van der Waals surface area contributed by atoms with Crippen LogP contribution in [0.5, 0.6) is 0 Å². The summed E-state index contributed by atoms with van der Waals surface area (Å²) in [6.45, 7) is 2.97. The molecule has 2 rings (SSSR count). The second-order valence-corrected chi connectivity index (χ2v) is 3.30. The van der Waals surface area contributed by atoms with Crippen LogP contribution in [0.2, 0.25) is 0 Å². The highest BCUT2D eigenvalue weighted by molar-refractivity contribution is 5.95. The third-order valence-electron chi connectivity index (χ3n) is 2.44. The van der Waals surface area contributed by atoms with Gasteiger partial charge in [-0.05, 0) is 25.3 Å². The molecule has 0 aliphatic carbocycles. The van der Waals surface area contributed by atoms with Gasteiger partial charge in [-0.3, -0.25) is 4.79 Å². The van der Waals surface area contributed by atoms with E-state index in [0.29, 0.717) is 0 Å². The molecule has 1 aromatic heterocycles. The van der Waals surface area contributed by atoms with Gasteiger partial charge in [0.25, 0.3) is 5.91 Å². The second-order valence-electron chi connectivity index (χ2n) is 3.30. The summed E-state index contributed by atoms with van der Waals surface area (Å²) in [6, 6.07) is 0. The fourth-order valence-corrected chi connectivity index (χ4v) is 1.97. The zero-order valence-electron chi connectivity index (χ0n) is 7.13. The number of hydrogen-bond acceptors (Lipinski definition) is 1. The average Bonchev–Trinajstić information content (AvgIpc) is 2.44. The Kier molecular flexibility index (Phi) is 1.46. The van der Waals surface area contributed by atoms with Crippen LogP contribution in [0.25, 0.3) is 0 Å². The van der Waals surface area contributed by atoms with Crippen molar-refractivity contribution in [2.45, 2.75) is 26.3 Å². The van der Waals surface area contributed by atoms with Crippen molar-refractivity contribution >= 4 is 5.91 Å². The van der Waals surface area contributed by atoms with E-state index in [1.165, 1.54) is 0 Å². The molecule has 1 aliphatic rings. The minimum atomic E-state index is -0.289. The lowest BCUT2D eigenvalue weighted by Crippen LogP contribution is -2.13. The third kappa shape index (κ3) is 0.858. The highest BCUT2D eigenvalue weighted by Gasteiger charge is 2.20. The minimum absolute atomic E-state index is 0.289. The topological polar surface area (TPSA) is 48.0 Å². The molecule has 0 radical (unpaired) electrons. The monoisotopic (exact) mass is 164 g/mol. The van der Waals surface area contributed by atoms with Gasteiger partial charge < -0.3 is 10.3 Å². The number of carbonyl (C=O) groups excluding carboxylic acids is 1. The number of primary amides is 1. The maximum absolute atomic E-state index is 11.1. The molecule has 1 aliphatic heterocycles. The molecule has 0 saturated carbocycles. The molecule has 1 amide bonds. The number of fused-ring (bicyclic) bond motifs is 1. The maximum atomic E-state index is 11.1. The van der Waals surface area contributed by atoms with E-state index in [4.69, 9.17) is 5.73 Å². The Bertz CT molecular complexity index is 339. The molecular weight excluding hydrogens is 152 g/mol. The minimum Gasteiger partial charge on any atom is -0.366 e. The Morgan fingerprint density at radius 3 is 3.08 bits per heavy atom. The first-order valence-corrected chi connectivity index (χ1v) is 4.18. The van der Waals surface area contributed by atoms with Gasteiger partial charge in [0.2, 0.25) is 0 Å². The third-order valence-corrected chi connectivity index (χ3v) is 2.44. The van der Waals surface area contributed by atoms with Gasteiger partial charge in [0.05, 0.1) is 5.56 Å². The van der Waals surface area contributed by atoms with Crippen LogP contribution in [0, 0.1) is 6.92 Å². The van der Waals surface area contributed by atoms with Crippen LogP contribution in [-0.4, -0.2) is 10.5 Å². The Balaban J connectivity index is 2.59. The number of aryl methyl sites for hydroxylation is 2. The van der Waals surface area contributed by atoms with Crippen LogP contribution in [0.4, 0.5) is 0 Å². The number of amides is 1. The lowest BCUT2D eigenvalue weighted by atomic mass is 10.1. The van der Waals surface area contributed by atoms with E-state index in [0.717, 1.165) is 36.2 Å². The van der Waals surface area contributed by atoms with E-state index >= 15 is 0 Å². The van der Waals surface area contributed by atoms with E-state index in [-0.39, 0.29) is 5.91 Å². The molecule has 2 heterocycles. The van der Waals surface area contributed by atoms with Crippen molar-refractivity contribution in [2.24, 2.45) is 5.73 Å². The fourth-order valence-electron chi connectivity index (χ4n) is 1.97. The summed E-state index contributed by atoms with van der Waals surface area (Å²) in [5, 5.41) is 0. The molecule has 1 aromatic rings. The molecule has 3 heteroatoms. The summed E-state index contributed by atoms with van der Waals surface area (Å²) in [5.74, 6) is -0.289. The standard InChI is InChI=1S/C9H12N2O/c1-6-5-11-4-2-3-7(11)8(6)9(10)12/h5H,2-4H2,1H3,(H2,10,12). The van der Waals surface area contributed by atoms with Gasteiger partial charge in [-0.1, -0.05) is 0 Å². The zero-order chi connectivity index (χ0) is 8.72. The van der Waals surface area contributed by atoms with Gasteiger partial charge in [-0.15, -0.1) is 0 Å². The summed E-state index contributed by atoms with van der Waals surface area (Å²) in [6.07, 6.45) is 4.14. The number of carbonyl (C=O) groups is 1. The SMILES string of the molecule is Cc1cn2c(c1C(N)=O)CCC2. The van der Waals surface area contributed by atoms with Crippen LogP contribution in [0.3, 0.4) is 0 Å². The number of hydrogen-bond donors (Lipinski definition) is 1. The van der Waals surface area contributed by atoms with Crippen molar-refractivity contribution < 1.29 is 4.79 Å². The number of nitrogens with zero attached hydrogens (tertiary/aromatic N) is 1. The molecule has 3 nitrogen and oxygen atoms in total. The highest BCUT2D eigenvalue weighted by atomic mass is 16.1. The lowest BCUT2D eigenvalue weighted by Gasteiger charge is -1.96. The normalized spacial score (nSPS) is 14.8. The molecule has 64 valence electrons. The maximum Gasteiger partial charge on any atom is 0.250 e. The van der Waals surface area contributed by atoms with Crippen molar-refractivity contribution in [2.75, 3.05) is 0 Å². The summed E-state index contributed by atoms with van der Waals surface area (Å²) < 4.78 is 2.13. The molecule has 0 atom stereocenters. The van der Waals surface area contributed by atoms with E-state index < -0.39 is 0 Å². The number of aromatic nitrogens is 1. The van der Waals surface area contributed by atoms with Gasteiger partial charge in [0, 0.05) is 18.4 Å². The Morgan fingerprint density at radius 1 is 1.67 bits per heavy atom. The van der Waals surface area contributed by atoms with E-state index in [1.54, 1.807) is 0 Å². The van der Waals surface area contributed by atoms with E-state index in [1.807, 2.05) is 13.1 Å². The van der Waals surface area contributed by atoms with E-state index in [2.05, 4.69) is 4.57 Å². The van der Waals surface area contributed by atoms with Gasteiger partial charge >= 0.3 is 0 Å². The second kappa shape index (κ2) is 2.37. The average molecular weight is 164 g/mol. The molecule has 0 fully saturated rings. The first-order valence-electron chi connectivity index (χ1n) is 4.18. The first-order chi connectivity index (χ1) is 5.70. The largest absolute Gasteiger partial charge is 0.366 e. The molecule has 2 N–H and O–H groups in total. The van der Waals surface area contributed by atoms with Crippen LogP contribution >= 0.6 is 0 Å². The predicted molar refractivity (Wildman–Crippen MR) is 46.0 cm³/mol. The van der Waals surface area contributed by atoms with Gasteiger partial charge in [-0.2, -0.15) is 0 Å². The Hall–Kier alpha value is -1.25. The van der Waals surface area contributed by atoms with Crippen molar-refractivity contribution in [3.05, 3.63) is 23.0 Å². The Morgan fingerprint density at radius 2 is 2.42 bits per heavy atom. The molecule has 0 bridgehead atoms. The smallest absolute Gasteiger partial charge is 0.250 e. The quantitative estimate of drug-likeness (QED) is 0.657. The van der Waals surface area contributed by atoms with Crippen molar-refractivity contribution in [3.63, 3.8) is 0 Å². The molecule has 0 saturated heterocycles. The predicted octanol–water partition coefficient (Wildman–Crippen LogP) is 0.842. The van der Waals surface area contributed by atoms with Crippen LogP contribution in [-0.2, 0) is 13.0 Å². The van der Waals surface area contributed by atoms with Crippen LogP contribution in [0.1, 0.15) is 28.0 Å². The summed E-state index contributed by atoms with van der Waals surface area (Å²) in [4.78, 5) is 11.1. The summed E-state index contributed by atoms with van der Waals surface area (Å²) in [7, 11) is 0. The van der Waals surface area contributed by atoms with Crippen LogP contribution in [0.15, 0.2) is 6.20 Å². The van der Waals surface area contributed by atoms with E-state index in [9.17, 15) is 4.79 Å². The molecule has 0 spiro atoms. The van der Waals surface area contributed by atoms with Gasteiger partial charge in [0.1, 0.15) is 0 Å². The molecule has 0 unspecified atom stereocenters. The highest BCUT2D eigenvalue weighted by Crippen LogP contribution is 2.23. The Labute approximate surface area is 71.2 Å². The van der Waals surface area contributed by atoms with Crippen molar-refractivity contribution in [1.82, 2.24) is 4.57 Å². The number of rotatable bonds is 1. The fraction of sp³-hybridized carbons (Fsp3) is 0.444. The first kappa shape index (κ1) is 7.40. The lowest BCUT2D eigenvalue weighted by molar-refractivity contribution is 0.0999. The molecule has 12 heavy (non-hydrogen) atoms. The van der Waals surface area contributed by atoms with Crippen molar-refractivity contribution in [1.29, 1.82) is 0 Å². The van der Waals surface area contributed by atoms with Gasteiger partial charge in [-0.25, -0.2) is 0 Å². The zero-order valence-corrected chi connectivity index (χ0v) is 7.13. The molecular formula is C9H12N2O. The van der Waals surface area contributed by atoms with Crippen molar-refractivity contribution in [3.8, 4) is 0 Å². The summed E-state index contributed by atoms with van der Waals surface area (Å²) >= 11 is 0. The number of nitrogens with two attached hydrogens (primary N) is 1. The summed E-state index contributed by atoms with van der Waals surface area (Å²) in [5.41, 5.74) is 8.16. The molecule has 0 aromatic carbocycles. The van der Waals surface area contributed by atoms with Gasteiger partial charge in [0.15, 0.2) is 0 Å².